The Morgan fingerprint density at radius 1 is 0.886 bits per heavy atom. The molecule has 0 aliphatic rings. The average Bonchev–Trinajstić information content (AvgIpc) is 2.85. The lowest BCUT2D eigenvalue weighted by atomic mass is 10.1. The molecule has 35 heavy (non-hydrogen) atoms. The minimum absolute atomic E-state index is 0.0537. The molecule has 7 nitrogen and oxygen atoms in total. The first-order valence-electron chi connectivity index (χ1n) is 11.1. The Balaban J connectivity index is 1.72. The molecule has 0 saturated carbocycles. The van der Waals surface area contributed by atoms with E-state index < -0.39 is 5.91 Å². The highest BCUT2D eigenvalue weighted by Crippen LogP contribution is 2.29. The summed E-state index contributed by atoms with van der Waals surface area (Å²) in [5, 5.41) is 15.1. The number of carbonyl (C=O) groups is 2. The van der Waals surface area contributed by atoms with Crippen molar-refractivity contribution in [3.8, 4) is 17.6 Å². The predicted octanol–water partition coefficient (Wildman–Crippen LogP) is 5.27. The molecule has 3 rings (SSSR count). The molecule has 7 heteroatoms. The Bertz CT molecular complexity index is 1290. The van der Waals surface area contributed by atoms with Crippen molar-refractivity contribution in [2.75, 3.05) is 23.8 Å². The third kappa shape index (κ3) is 6.95. The van der Waals surface area contributed by atoms with Gasteiger partial charge in [-0.25, -0.2) is 0 Å². The van der Waals surface area contributed by atoms with Crippen LogP contribution in [0.2, 0.25) is 0 Å². The highest BCUT2D eigenvalue weighted by molar-refractivity contribution is 6.10. The number of hydrogen-bond acceptors (Lipinski definition) is 5. The summed E-state index contributed by atoms with van der Waals surface area (Å²) in [6.45, 7) is 5.78. The highest BCUT2D eigenvalue weighted by atomic mass is 16.5. The Morgan fingerprint density at radius 2 is 1.51 bits per heavy atom. The molecule has 0 bridgehead atoms. The van der Waals surface area contributed by atoms with Gasteiger partial charge in [0.05, 0.1) is 6.61 Å². The molecule has 0 heterocycles. The minimum Gasteiger partial charge on any atom is -0.490 e. The van der Waals surface area contributed by atoms with E-state index in [4.69, 9.17) is 9.47 Å². The molecule has 3 aromatic rings. The van der Waals surface area contributed by atoms with Gasteiger partial charge in [-0.05, 0) is 67.8 Å². The normalized spacial score (nSPS) is 10.7. The van der Waals surface area contributed by atoms with Crippen molar-refractivity contribution in [2.45, 2.75) is 20.8 Å². The SMILES string of the molecule is CCOc1cc(/C=C(/C#N)C(=O)Nc2ccccc2C)ccc1OCC(=O)Nc1ccccc1C. The Hall–Kier alpha value is -4.57. The maximum absolute atomic E-state index is 12.6. The molecule has 2 amide bonds. The summed E-state index contributed by atoms with van der Waals surface area (Å²) in [5.74, 6) is -0.0216. The summed E-state index contributed by atoms with van der Waals surface area (Å²) in [5.41, 5.74) is 3.74. The molecule has 0 saturated heterocycles. The quantitative estimate of drug-likeness (QED) is 0.329. The van der Waals surface area contributed by atoms with E-state index >= 15 is 0 Å². The van der Waals surface area contributed by atoms with Crippen LogP contribution in [-0.4, -0.2) is 25.0 Å². The number of benzene rings is 3. The lowest BCUT2D eigenvalue weighted by molar-refractivity contribution is -0.118. The molecule has 178 valence electrons. The van der Waals surface area contributed by atoms with Gasteiger partial charge in [0.25, 0.3) is 11.8 Å². The van der Waals surface area contributed by atoms with Crippen LogP contribution in [0.5, 0.6) is 11.5 Å². The van der Waals surface area contributed by atoms with Crippen LogP contribution in [0.4, 0.5) is 11.4 Å². The molecule has 0 unspecified atom stereocenters. The van der Waals surface area contributed by atoms with Crippen LogP contribution in [0.25, 0.3) is 6.08 Å². The number of ether oxygens (including phenoxy) is 2. The van der Waals surface area contributed by atoms with Crippen LogP contribution in [0.15, 0.2) is 72.3 Å². The zero-order valence-corrected chi connectivity index (χ0v) is 19.9. The van der Waals surface area contributed by atoms with Crippen molar-refractivity contribution in [1.82, 2.24) is 0 Å². The number of rotatable bonds is 9. The zero-order chi connectivity index (χ0) is 25.2. The Kier molecular flexibility index (Phi) is 8.63. The number of carbonyl (C=O) groups excluding carboxylic acids is 2. The van der Waals surface area contributed by atoms with Gasteiger partial charge >= 0.3 is 0 Å². The predicted molar refractivity (Wildman–Crippen MR) is 136 cm³/mol. The summed E-state index contributed by atoms with van der Waals surface area (Å²) >= 11 is 0. The summed E-state index contributed by atoms with van der Waals surface area (Å²) < 4.78 is 11.4. The number of para-hydroxylation sites is 2. The number of nitrogens with zero attached hydrogens (tertiary/aromatic N) is 1. The molecule has 0 radical (unpaired) electrons. The smallest absolute Gasteiger partial charge is 0.266 e. The fourth-order valence-corrected chi connectivity index (χ4v) is 3.26. The molecule has 0 fully saturated rings. The Morgan fingerprint density at radius 3 is 2.11 bits per heavy atom. The number of amides is 2. The first-order chi connectivity index (χ1) is 16.9. The van der Waals surface area contributed by atoms with Crippen LogP contribution < -0.4 is 20.1 Å². The summed E-state index contributed by atoms with van der Waals surface area (Å²) in [6, 6.07) is 21.8. The lowest BCUT2D eigenvalue weighted by Gasteiger charge is -2.13. The third-order valence-electron chi connectivity index (χ3n) is 5.11. The van der Waals surface area contributed by atoms with Crippen LogP contribution in [0.3, 0.4) is 0 Å². The molecule has 0 spiro atoms. The molecule has 0 aliphatic carbocycles. The maximum Gasteiger partial charge on any atom is 0.266 e. The number of nitrogens with one attached hydrogen (secondary N) is 2. The van der Waals surface area contributed by atoms with Gasteiger partial charge in [-0.1, -0.05) is 42.5 Å². The monoisotopic (exact) mass is 469 g/mol. The third-order valence-corrected chi connectivity index (χ3v) is 5.11. The summed E-state index contributed by atoms with van der Waals surface area (Å²) in [7, 11) is 0. The van der Waals surface area contributed by atoms with Gasteiger partial charge in [0, 0.05) is 11.4 Å². The van der Waals surface area contributed by atoms with Crippen LogP contribution in [0.1, 0.15) is 23.6 Å². The van der Waals surface area contributed by atoms with Crippen LogP contribution in [-0.2, 0) is 9.59 Å². The van der Waals surface area contributed by atoms with Crippen molar-refractivity contribution in [3.63, 3.8) is 0 Å². The molecule has 3 aromatic carbocycles. The van der Waals surface area contributed by atoms with Gasteiger partial charge < -0.3 is 20.1 Å². The molecule has 2 N–H and O–H groups in total. The van der Waals surface area contributed by atoms with Crippen molar-refractivity contribution >= 4 is 29.3 Å². The second-order valence-corrected chi connectivity index (χ2v) is 7.73. The molecular weight excluding hydrogens is 442 g/mol. The van der Waals surface area contributed by atoms with E-state index in [-0.39, 0.29) is 18.1 Å². The van der Waals surface area contributed by atoms with E-state index in [1.54, 1.807) is 24.3 Å². The van der Waals surface area contributed by atoms with E-state index in [9.17, 15) is 14.9 Å². The van der Waals surface area contributed by atoms with Gasteiger partial charge in [-0.3, -0.25) is 9.59 Å². The summed E-state index contributed by atoms with van der Waals surface area (Å²) in [6.07, 6.45) is 1.48. The molecular formula is C28H27N3O4. The molecule has 0 aromatic heterocycles. The van der Waals surface area contributed by atoms with Gasteiger partial charge in [0.1, 0.15) is 11.6 Å². The first-order valence-corrected chi connectivity index (χ1v) is 11.1. The summed E-state index contributed by atoms with van der Waals surface area (Å²) in [4.78, 5) is 25.0. The lowest BCUT2D eigenvalue weighted by Crippen LogP contribution is -2.20. The van der Waals surface area contributed by atoms with Gasteiger partial charge in [-0.2, -0.15) is 5.26 Å². The van der Waals surface area contributed by atoms with E-state index in [0.717, 1.165) is 16.8 Å². The highest BCUT2D eigenvalue weighted by Gasteiger charge is 2.13. The number of anilines is 2. The van der Waals surface area contributed by atoms with Gasteiger partial charge in [0.15, 0.2) is 18.1 Å². The number of hydrogen-bond donors (Lipinski definition) is 2. The first kappa shape index (κ1) is 25.1. The second kappa shape index (κ2) is 12.1. The van der Waals surface area contributed by atoms with Crippen molar-refractivity contribution in [2.24, 2.45) is 0 Å². The molecule has 0 atom stereocenters. The van der Waals surface area contributed by atoms with E-state index in [2.05, 4.69) is 10.6 Å². The van der Waals surface area contributed by atoms with Gasteiger partial charge in [0.2, 0.25) is 0 Å². The second-order valence-electron chi connectivity index (χ2n) is 7.73. The van der Waals surface area contributed by atoms with Crippen molar-refractivity contribution in [1.29, 1.82) is 5.26 Å². The Labute approximate surface area is 205 Å². The standard InChI is InChI=1S/C28H27N3O4/c1-4-34-26-16-21(15-22(17-29)28(33)31-24-12-8-6-10-20(24)3)13-14-25(26)35-18-27(32)30-23-11-7-5-9-19(23)2/h5-16H,4,18H2,1-3H3,(H,30,32)(H,31,33)/b22-15-. The van der Waals surface area contributed by atoms with Gasteiger partial charge in [-0.15, -0.1) is 0 Å². The van der Waals surface area contributed by atoms with E-state index in [0.29, 0.717) is 29.4 Å². The number of nitriles is 1. The van der Waals surface area contributed by atoms with Crippen LogP contribution in [0, 0.1) is 25.2 Å². The topological polar surface area (TPSA) is 100 Å². The van der Waals surface area contributed by atoms with Crippen LogP contribution >= 0.6 is 0 Å². The zero-order valence-electron chi connectivity index (χ0n) is 19.9. The van der Waals surface area contributed by atoms with E-state index in [1.807, 2.05) is 69.3 Å². The van der Waals surface area contributed by atoms with Crippen molar-refractivity contribution < 1.29 is 19.1 Å². The fraction of sp³-hybridized carbons (Fsp3) is 0.179. The van der Waals surface area contributed by atoms with Crippen molar-refractivity contribution in [3.05, 3.63) is 89.0 Å². The number of aryl methyl sites for hydroxylation is 2. The fourth-order valence-electron chi connectivity index (χ4n) is 3.26. The largest absolute Gasteiger partial charge is 0.490 e. The maximum atomic E-state index is 12.6. The average molecular weight is 470 g/mol. The minimum atomic E-state index is -0.507. The molecule has 0 aliphatic heterocycles. The van der Waals surface area contributed by atoms with E-state index in [1.165, 1.54) is 6.08 Å².